The third-order valence-corrected chi connectivity index (χ3v) is 4.44. The van der Waals surface area contributed by atoms with Crippen molar-refractivity contribution in [2.75, 3.05) is 18.0 Å². The first-order chi connectivity index (χ1) is 9.31. The Kier molecular flexibility index (Phi) is 2.32. The van der Waals surface area contributed by atoms with Crippen LogP contribution in [0.15, 0.2) is 30.6 Å². The molecule has 0 unspecified atom stereocenters. The monoisotopic (exact) mass is 271 g/mol. The van der Waals surface area contributed by atoms with E-state index >= 15 is 0 Å². The first-order valence-corrected chi connectivity index (χ1v) is 7.10. The summed E-state index contributed by atoms with van der Waals surface area (Å²) in [4.78, 5) is 7.97. The van der Waals surface area contributed by atoms with Gasteiger partial charge in [0.25, 0.3) is 0 Å². The zero-order valence-corrected chi connectivity index (χ0v) is 11.3. The van der Waals surface area contributed by atoms with Crippen LogP contribution in [0, 0.1) is 6.92 Å². The minimum absolute atomic E-state index is 0.446. The minimum Gasteiger partial charge on any atom is -0.346 e. The zero-order chi connectivity index (χ0) is 12.8. The van der Waals surface area contributed by atoms with Gasteiger partial charge in [0.05, 0.1) is 5.92 Å². The summed E-state index contributed by atoms with van der Waals surface area (Å²) in [6.07, 6.45) is 3.96. The van der Waals surface area contributed by atoms with Gasteiger partial charge in [0.1, 0.15) is 5.82 Å². The predicted molar refractivity (Wildman–Crippen MR) is 74.8 cm³/mol. The molecule has 3 aromatic heterocycles. The Labute approximate surface area is 114 Å². The average Bonchev–Trinajstić information content (AvgIpc) is 2.96. The van der Waals surface area contributed by atoms with Crippen molar-refractivity contribution in [3.05, 3.63) is 41.3 Å². The number of anilines is 1. The maximum atomic E-state index is 4.42. The van der Waals surface area contributed by atoms with Crippen LogP contribution >= 0.6 is 11.3 Å². The molecule has 1 fully saturated rings. The van der Waals surface area contributed by atoms with Crippen LogP contribution in [-0.2, 0) is 0 Å². The van der Waals surface area contributed by atoms with E-state index in [1.54, 1.807) is 11.3 Å². The Hall–Kier alpha value is -1.95. The van der Waals surface area contributed by atoms with Crippen LogP contribution in [0.25, 0.3) is 5.65 Å². The Morgan fingerprint density at radius 3 is 2.95 bits per heavy atom. The lowest BCUT2D eigenvalue weighted by Crippen LogP contribution is -2.45. The maximum Gasteiger partial charge on any atom is 0.185 e. The summed E-state index contributed by atoms with van der Waals surface area (Å²) in [5, 5.41) is 9.64. The van der Waals surface area contributed by atoms with Gasteiger partial charge in [-0.1, -0.05) is 6.07 Å². The van der Waals surface area contributed by atoms with E-state index < -0.39 is 0 Å². The van der Waals surface area contributed by atoms with Crippen molar-refractivity contribution in [3.63, 3.8) is 0 Å². The Bertz CT molecular complexity index is 725. The van der Waals surface area contributed by atoms with Gasteiger partial charge in [0.2, 0.25) is 0 Å². The van der Waals surface area contributed by atoms with Crippen LogP contribution in [0.2, 0.25) is 0 Å². The lowest BCUT2D eigenvalue weighted by atomic mass is 10.0. The number of pyridine rings is 1. The van der Waals surface area contributed by atoms with Crippen molar-refractivity contribution in [1.82, 2.24) is 19.6 Å². The molecule has 0 atom stereocenters. The Morgan fingerprint density at radius 1 is 1.26 bits per heavy atom. The van der Waals surface area contributed by atoms with E-state index in [0.717, 1.165) is 29.7 Å². The molecular formula is C13H13N5S. The highest BCUT2D eigenvalue weighted by molar-refractivity contribution is 7.15. The smallest absolute Gasteiger partial charge is 0.185 e. The van der Waals surface area contributed by atoms with Gasteiger partial charge in [-0.05, 0) is 19.1 Å². The van der Waals surface area contributed by atoms with Gasteiger partial charge in [0.15, 0.2) is 10.8 Å². The summed E-state index contributed by atoms with van der Waals surface area (Å²) in [6.45, 7) is 4.04. The van der Waals surface area contributed by atoms with E-state index in [1.807, 2.05) is 30.6 Å². The molecule has 6 heteroatoms. The Morgan fingerprint density at radius 2 is 2.16 bits per heavy atom. The van der Waals surface area contributed by atoms with Crippen molar-refractivity contribution in [3.8, 4) is 0 Å². The van der Waals surface area contributed by atoms with Crippen LogP contribution in [-0.4, -0.2) is 32.7 Å². The van der Waals surface area contributed by atoms with Crippen LogP contribution in [0.4, 0.5) is 5.13 Å². The van der Waals surface area contributed by atoms with E-state index in [4.69, 9.17) is 0 Å². The van der Waals surface area contributed by atoms with E-state index in [-0.39, 0.29) is 0 Å². The summed E-state index contributed by atoms with van der Waals surface area (Å²) < 4.78 is 2.08. The lowest BCUT2D eigenvalue weighted by Gasteiger charge is -2.37. The second-order valence-electron chi connectivity index (χ2n) is 4.84. The van der Waals surface area contributed by atoms with Gasteiger partial charge in [-0.3, -0.25) is 4.40 Å². The summed E-state index contributed by atoms with van der Waals surface area (Å²) in [5.74, 6) is 1.50. The molecule has 19 heavy (non-hydrogen) atoms. The van der Waals surface area contributed by atoms with Gasteiger partial charge in [0, 0.05) is 30.4 Å². The molecule has 5 nitrogen and oxygen atoms in total. The fraction of sp³-hybridized carbons (Fsp3) is 0.308. The van der Waals surface area contributed by atoms with Crippen molar-refractivity contribution in [1.29, 1.82) is 0 Å². The fourth-order valence-electron chi connectivity index (χ4n) is 2.43. The number of rotatable bonds is 2. The molecule has 4 rings (SSSR count). The number of fused-ring (bicyclic) bond motifs is 1. The number of hydrogen-bond donors (Lipinski definition) is 0. The zero-order valence-electron chi connectivity index (χ0n) is 10.5. The molecule has 0 radical (unpaired) electrons. The number of hydrogen-bond acceptors (Lipinski definition) is 5. The highest BCUT2D eigenvalue weighted by Gasteiger charge is 2.33. The topological polar surface area (TPSA) is 46.3 Å². The molecular weight excluding hydrogens is 258 g/mol. The molecule has 1 aliphatic heterocycles. The number of thiazole rings is 1. The summed E-state index contributed by atoms with van der Waals surface area (Å²) in [6, 6.07) is 5.98. The molecule has 1 aliphatic rings. The molecule has 0 saturated carbocycles. The molecule has 0 aliphatic carbocycles. The Balaban J connectivity index is 1.57. The summed E-state index contributed by atoms with van der Waals surface area (Å²) in [5.41, 5.74) is 0.918. The van der Waals surface area contributed by atoms with Crippen molar-refractivity contribution in [2.24, 2.45) is 0 Å². The largest absolute Gasteiger partial charge is 0.346 e. The molecule has 4 heterocycles. The van der Waals surface area contributed by atoms with Crippen LogP contribution in [0.5, 0.6) is 0 Å². The molecule has 0 amide bonds. The molecule has 0 bridgehead atoms. The van der Waals surface area contributed by atoms with Gasteiger partial charge in [-0.2, -0.15) is 0 Å². The quantitative estimate of drug-likeness (QED) is 0.716. The molecule has 0 aromatic carbocycles. The number of aryl methyl sites for hydroxylation is 1. The number of aromatic nitrogens is 4. The second-order valence-corrected chi connectivity index (χ2v) is 6.06. The SMILES string of the molecule is Cc1cnc(N2CC(c3nnc4ccccn34)C2)s1. The fourth-order valence-corrected chi connectivity index (χ4v) is 3.20. The van der Waals surface area contributed by atoms with Gasteiger partial charge < -0.3 is 4.90 Å². The lowest BCUT2D eigenvalue weighted by molar-refractivity contribution is 0.496. The summed E-state index contributed by atoms with van der Waals surface area (Å²) in [7, 11) is 0. The second kappa shape index (κ2) is 4.03. The molecule has 96 valence electrons. The van der Waals surface area contributed by atoms with Crippen LogP contribution in [0.1, 0.15) is 16.6 Å². The molecule has 0 spiro atoms. The third-order valence-electron chi connectivity index (χ3n) is 3.47. The van der Waals surface area contributed by atoms with E-state index in [9.17, 15) is 0 Å². The maximum absolute atomic E-state index is 4.42. The van der Waals surface area contributed by atoms with Gasteiger partial charge >= 0.3 is 0 Å². The van der Waals surface area contributed by atoms with Crippen molar-refractivity contribution in [2.45, 2.75) is 12.8 Å². The molecule has 0 N–H and O–H groups in total. The predicted octanol–water partition coefficient (Wildman–Crippen LogP) is 2.10. The minimum atomic E-state index is 0.446. The van der Waals surface area contributed by atoms with E-state index in [2.05, 4.69) is 31.4 Å². The standard InChI is InChI=1S/C13H13N5S/c1-9-6-14-13(19-9)17-7-10(8-17)12-16-15-11-4-2-3-5-18(11)12/h2-6,10H,7-8H2,1H3. The summed E-state index contributed by atoms with van der Waals surface area (Å²) >= 11 is 1.75. The normalized spacial score (nSPS) is 15.9. The van der Waals surface area contributed by atoms with Crippen LogP contribution < -0.4 is 4.90 Å². The van der Waals surface area contributed by atoms with E-state index in [1.165, 1.54) is 4.88 Å². The molecule has 1 saturated heterocycles. The van der Waals surface area contributed by atoms with Gasteiger partial charge in [-0.25, -0.2) is 4.98 Å². The van der Waals surface area contributed by atoms with E-state index in [0.29, 0.717) is 5.92 Å². The van der Waals surface area contributed by atoms with Crippen molar-refractivity contribution < 1.29 is 0 Å². The average molecular weight is 271 g/mol. The highest BCUT2D eigenvalue weighted by atomic mass is 32.1. The first-order valence-electron chi connectivity index (χ1n) is 6.28. The highest BCUT2D eigenvalue weighted by Crippen LogP contribution is 2.33. The van der Waals surface area contributed by atoms with Crippen LogP contribution in [0.3, 0.4) is 0 Å². The van der Waals surface area contributed by atoms with Crippen molar-refractivity contribution >= 4 is 22.1 Å². The first kappa shape index (κ1) is 10.9. The number of nitrogens with zero attached hydrogens (tertiary/aromatic N) is 5. The van der Waals surface area contributed by atoms with Gasteiger partial charge in [-0.15, -0.1) is 21.5 Å². The molecule has 3 aromatic rings. The third kappa shape index (κ3) is 1.71.